The van der Waals surface area contributed by atoms with E-state index in [1.165, 1.54) is 5.56 Å². The van der Waals surface area contributed by atoms with Crippen molar-refractivity contribution < 1.29 is 9.90 Å². The van der Waals surface area contributed by atoms with E-state index in [1.807, 2.05) is 42.9 Å². The molecule has 35 heavy (non-hydrogen) atoms. The van der Waals surface area contributed by atoms with Crippen molar-refractivity contribution in [3.8, 4) is 22.4 Å². The number of benzene rings is 2. The summed E-state index contributed by atoms with van der Waals surface area (Å²) in [4.78, 5) is 21.3. The summed E-state index contributed by atoms with van der Waals surface area (Å²) in [5.41, 5.74) is 12.0. The van der Waals surface area contributed by atoms with Crippen molar-refractivity contribution in [1.29, 1.82) is 0 Å². The van der Waals surface area contributed by atoms with Crippen molar-refractivity contribution in [2.24, 2.45) is 5.73 Å². The number of hydrogen-bond acceptors (Lipinski definition) is 5. The summed E-state index contributed by atoms with van der Waals surface area (Å²) in [5.74, 6) is -0.466. The average Bonchev–Trinajstić information content (AvgIpc) is 2.89. The highest BCUT2D eigenvalue weighted by molar-refractivity contribution is 6.04. The second kappa shape index (κ2) is 9.84. The minimum absolute atomic E-state index is 0.192. The van der Waals surface area contributed by atoms with Crippen LogP contribution < -0.4 is 11.1 Å². The number of rotatable bonds is 6. The molecule has 1 amide bonds. The lowest BCUT2D eigenvalue weighted by Gasteiger charge is -2.28. The molecule has 2 aromatic carbocycles. The average molecular weight is 467 g/mol. The molecule has 0 unspecified atom stereocenters. The molecule has 1 saturated carbocycles. The van der Waals surface area contributed by atoms with Gasteiger partial charge in [-0.05, 0) is 72.9 Å². The molecule has 0 aliphatic heterocycles. The minimum Gasteiger partial charge on any atom is -0.393 e. The number of carbonyl (C=O) groups is 1. The fourth-order valence-corrected chi connectivity index (χ4v) is 4.98. The van der Waals surface area contributed by atoms with Crippen LogP contribution in [0.15, 0.2) is 67.1 Å². The summed E-state index contributed by atoms with van der Waals surface area (Å²) in [6, 6.07) is 16.3. The van der Waals surface area contributed by atoms with Crippen LogP contribution in [-0.4, -0.2) is 33.1 Å². The van der Waals surface area contributed by atoms with Crippen LogP contribution in [0, 0.1) is 0 Å². The van der Waals surface area contributed by atoms with Gasteiger partial charge in [-0.2, -0.15) is 0 Å². The first-order chi connectivity index (χ1) is 17.0. The van der Waals surface area contributed by atoms with Crippen molar-refractivity contribution in [1.82, 2.24) is 9.97 Å². The molecule has 4 N–H and O–H groups in total. The summed E-state index contributed by atoms with van der Waals surface area (Å²) in [6.07, 6.45) is 9.54. The Morgan fingerprint density at radius 2 is 1.86 bits per heavy atom. The fourth-order valence-electron chi connectivity index (χ4n) is 4.98. The zero-order valence-electron chi connectivity index (χ0n) is 19.9. The quantitative estimate of drug-likeness (QED) is 0.356. The third-order valence-corrected chi connectivity index (χ3v) is 6.94. The van der Waals surface area contributed by atoms with Crippen LogP contribution in [0.4, 0.5) is 5.69 Å². The molecule has 2 heterocycles. The lowest BCUT2D eigenvalue weighted by Crippen LogP contribution is -2.29. The minimum atomic E-state index is -0.466. The molecular formula is C29H30N4O2. The number of carbonyl (C=O) groups excluding carboxylic acids is 1. The molecule has 0 spiro atoms. The van der Waals surface area contributed by atoms with Crippen LogP contribution in [0.25, 0.3) is 33.2 Å². The first kappa shape index (κ1) is 23.0. The van der Waals surface area contributed by atoms with E-state index < -0.39 is 5.91 Å². The standard InChI is InChI=1S/C29H30N4O2/c1-2-18-14-20(17-31-16-18)23-4-3-5-25-24(23)12-13-32-28(25)19-6-11-26(29(30)35)27(15-19)33-21-7-9-22(34)10-8-21/h3-6,11-17,21-22,33-34H,2,7-10H2,1H3,(H2,30,35). The van der Waals surface area contributed by atoms with Crippen LogP contribution in [0.2, 0.25) is 0 Å². The lowest BCUT2D eigenvalue weighted by molar-refractivity contribution is 0.100. The Labute approximate surface area is 205 Å². The fraction of sp³-hybridized carbons (Fsp3) is 0.276. The maximum absolute atomic E-state index is 12.2. The number of pyridine rings is 2. The highest BCUT2D eigenvalue weighted by Crippen LogP contribution is 2.35. The SMILES string of the molecule is CCc1cncc(-c2cccc3c(-c4ccc(C(N)=O)c(NC5CCC(O)CC5)c4)nccc23)c1. The molecule has 178 valence electrons. The normalized spacial score (nSPS) is 17.9. The van der Waals surface area contributed by atoms with Crippen molar-refractivity contribution in [3.05, 3.63) is 78.2 Å². The van der Waals surface area contributed by atoms with Gasteiger partial charge in [0.1, 0.15) is 0 Å². The highest BCUT2D eigenvalue weighted by atomic mass is 16.3. The summed E-state index contributed by atoms with van der Waals surface area (Å²) in [7, 11) is 0. The second-order valence-electron chi connectivity index (χ2n) is 9.27. The summed E-state index contributed by atoms with van der Waals surface area (Å²) in [6.45, 7) is 2.13. The van der Waals surface area contributed by atoms with E-state index in [0.717, 1.165) is 65.3 Å². The third-order valence-electron chi connectivity index (χ3n) is 6.94. The Balaban J connectivity index is 1.58. The zero-order valence-corrected chi connectivity index (χ0v) is 19.9. The van der Waals surface area contributed by atoms with Crippen LogP contribution in [0.5, 0.6) is 0 Å². The number of aliphatic hydroxyl groups excluding tert-OH is 1. The monoisotopic (exact) mass is 466 g/mol. The van der Waals surface area contributed by atoms with Gasteiger partial charge >= 0.3 is 0 Å². The molecule has 5 rings (SSSR count). The number of anilines is 1. The topological polar surface area (TPSA) is 101 Å². The van der Waals surface area contributed by atoms with E-state index >= 15 is 0 Å². The van der Waals surface area contributed by atoms with E-state index in [9.17, 15) is 9.90 Å². The van der Waals surface area contributed by atoms with E-state index in [-0.39, 0.29) is 12.1 Å². The van der Waals surface area contributed by atoms with Gasteiger partial charge in [-0.3, -0.25) is 14.8 Å². The summed E-state index contributed by atoms with van der Waals surface area (Å²) < 4.78 is 0. The van der Waals surface area contributed by atoms with Gasteiger partial charge in [0.05, 0.1) is 17.4 Å². The van der Waals surface area contributed by atoms with Gasteiger partial charge in [-0.15, -0.1) is 0 Å². The molecule has 6 nitrogen and oxygen atoms in total. The van der Waals surface area contributed by atoms with E-state index in [0.29, 0.717) is 11.3 Å². The predicted molar refractivity (Wildman–Crippen MR) is 140 cm³/mol. The maximum Gasteiger partial charge on any atom is 0.250 e. The maximum atomic E-state index is 12.2. The predicted octanol–water partition coefficient (Wildman–Crippen LogP) is 5.34. The number of nitrogens with one attached hydrogen (secondary N) is 1. The van der Waals surface area contributed by atoms with Gasteiger partial charge < -0.3 is 16.2 Å². The molecule has 4 aromatic rings. The van der Waals surface area contributed by atoms with Crippen molar-refractivity contribution in [3.63, 3.8) is 0 Å². The molecule has 0 bridgehead atoms. The Morgan fingerprint density at radius 1 is 1.03 bits per heavy atom. The molecule has 1 fully saturated rings. The number of amides is 1. The van der Waals surface area contributed by atoms with Gasteiger partial charge in [-0.1, -0.05) is 31.2 Å². The number of hydrogen-bond donors (Lipinski definition) is 3. The van der Waals surface area contributed by atoms with Crippen molar-refractivity contribution >= 4 is 22.4 Å². The van der Waals surface area contributed by atoms with Crippen molar-refractivity contribution in [2.45, 2.75) is 51.2 Å². The Hall–Kier alpha value is -3.77. The van der Waals surface area contributed by atoms with Gasteiger partial charge in [-0.25, -0.2) is 0 Å². The van der Waals surface area contributed by atoms with Gasteiger partial charge in [0.25, 0.3) is 5.91 Å². The second-order valence-corrected chi connectivity index (χ2v) is 9.27. The van der Waals surface area contributed by atoms with Crippen molar-refractivity contribution in [2.75, 3.05) is 5.32 Å². The summed E-state index contributed by atoms with van der Waals surface area (Å²) >= 11 is 0. The van der Waals surface area contributed by atoms with Crippen LogP contribution in [0.3, 0.4) is 0 Å². The van der Waals surface area contributed by atoms with Crippen LogP contribution in [0.1, 0.15) is 48.5 Å². The highest BCUT2D eigenvalue weighted by Gasteiger charge is 2.21. The number of aryl methyl sites for hydroxylation is 1. The number of primary amides is 1. The number of nitrogens with two attached hydrogens (primary N) is 1. The van der Waals surface area contributed by atoms with E-state index in [1.54, 1.807) is 6.07 Å². The number of nitrogens with zero attached hydrogens (tertiary/aromatic N) is 2. The zero-order chi connectivity index (χ0) is 24.4. The number of fused-ring (bicyclic) bond motifs is 1. The molecule has 0 radical (unpaired) electrons. The third kappa shape index (κ3) is 4.75. The smallest absolute Gasteiger partial charge is 0.250 e. The largest absolute Gasteiger partial charge is 0.393 e. The number of aromatic nitrogens is 2. The molecule has 1 aliphatic carbocycles. The van der Waals surface area contributed by atoms with Gasteiger partial charge in [0, 0.05) is 46.8 Å². The van der Waals surface area contributed by atoms with Crippen LogP contribution in [-0.2, 0) is 6.42 Å². The first-order valence-corrected chi connectivity index (χ1v) is 12.2. The van der Waals surface area contributed by atoms with Gasteiger partial charge in [0.15, 0.2) is 0 Å². The van der Waals surface area contributed by atoms with E-state index in [4.69, 9.17) is 10.7 Å². The van der Waals surface area contributed by atoms with E-state index in [2.05, 4.69) is 35.4 Å². The molecule has 2 aromatic heterocycles. The molecule has 0 saturated heterocycles. The molecule has 1 aliphatic rings. The lowest BCUT2D eigenvalue weighted by atomic mass is 9.92. The Bertz CT molecular complexity index is 1380. The number of aliphatic hydroxyl groups is 1. The molecular weight excluding hydrogens is 436 g/mol. The van der Waals surface area contributed by atoms with Gasteiger partial charge in [0.2, 0.25) is 0 Å². The Morgan fingerprint density at radius 3 is 2.63 bits per heavy atom. The molecule has 6 heteroatoms. The van der Waals surface area contributed by atoms with Crippen LogP contribution >= 0.6 is 0 Å². The summed E-state index contributed by atoms with van der Waals surface area (Å²) in [5, 5.41) is 15.5. The Kier molecular flexibility index (Phi) is 6.47. The first-order valence-electron chi connectivity index (χ1n) is 12.2. The molecule has 0 atom stereocenters.